The zero-order valence-corrected chi connectivity index (χ0v) is 11.3. The predicted octanol–water partition coefficient (Wildman–Crippen LogP) is 4.61. The summed E-state index contributed by atoms with van der Waals surface area (Å²) in [7, 11) is 0. The molecule has 0 fully saturated rings. The summed E-state index contributed by atoms with van der Waals surface area (Å²) in [4.78, 5) is 0. The standard InChI is InChI=1S/C11H10O2.2C2H6/c1-7-5-9-8(6-11(7)13)3-2-4-10(9)12;2*1-2/h2-6,12-13H,1H3;2*1-2H3. The van der Waals surface area contributed by atoms with Crippen molar-refractivity contribution in [2.75, 3.05) is 0 Å². The quantitative estimate of drug-likeness (QED) is 0.698. The average molecular weight is 234 g/mol. The van der Waals surface area contributed by atoms with Gasteiger partial charge < -0.3 is 10.2 Å². The van der Waals surface area contributed by atoms with E-state index >= 15 is 0 Å². The Morgan fingerprint density at radius 1 is 0.824 bits per heavy atom. The smallest absolute Gasteiger partial charge is 0.123 e. The summed E-state index contributed by atoms with van der Waals surface area (Å²) < 4.78 is 0. The largest absolute Gasteiger partial charge is 0.508 e. The Bertz CT molecular complexity index is 462. The highest BCUT2D eigenvalue weighted by atomic mass is 16.3. The molecule has 2 aromatic carbocycles. The minimum Gasteiger partial charge on any atom is -0.508 e. The van der Waals surface area contributed by atoms with Crippen LogP contribution >= 0.6 is 0 Å². The van der Waals surface area contributed by atoms with Crippen molar-refractivity contribution in [2.45, 2.75) is 34.6 Å². The van der Waals surface area contributed by atoms with E-state index in [1.807, 2.05) is 33.8 Å². The Morgan fingerprint density at radius 3 is 2.00 bits per heavy atom. The molecule has 0 saturated carbocycles. The van der Waals surface area contributed by atoms with Crippen molar-refractivity contribution in [1.82, 2.24) is 0 Å². The zero-order chi connectivity index (χ0) is 13.4. The summed E-state index contributed by atoms with van der Waals surface area (Å²) >= 11 is 0. The molecule has 0 spiro atoms. The zero-order valence-electron chi connectivity index (χ0n) is 11.3. The van der Waals surface area contributed by atoms with Crippen molar-refractivity contribution >= 4 is 10.8 Å². The van der Waals surface area contributed by atoms with Gasteiger partial charge >= 0.3 is 0 Å². The monoisotopic (exact) mass is 234 g/mol. The third-order valence-electron chi connectivity index (χ3n) is 2.17. The summed E-state index contributed by atoms with van der Waals surface area (Å²) in [5, 5.41) is 20.6. The molecule has 2 heteroatoms. The number of rotatable bonds is 0. The van der Waals surface area contributed by atoms with E-state index in [9.17, 15) is 10.2 Å². The molecule has 0 radical (unpaired) electrons. The molecule has 0 aliphatic heterocycles. The minimum absolute atomic E-state index is 0.251. The Balaban J connectivity index is 0.000000581. The van der Waals surface area contributed by atoms with Gasteiger partial charge in [-0.2, -0.15) is 0 Å². The Labute approximate surface area is 104 Å². The predicted molar refractivity (Wildman–Crippen MR) is 74.7 cm³/mol. The van der Waals surface area contributed by atoms with E-state index in [0.29, 0.717) is 0 Å². The molecule has 0 aromatic heterocycles. The highest BCUT2D eigenvalue weighted by Crippen LogP contribution is 2.29. The first-order valence-electron chi connectivity index (χ1n) is 6.10. The van der Waals surface area contributed by atoms with Crippen molar-refractivity contribution in [3.05, 3.63) is 35.9 Å². The first-order chi connectivity index (χ1) is 8.18. The molecule has 0 bridgehead atoms. The summed E-state index contributed by atoms with van der Waals surface area (Å²) in [6.07, 6.45) is 0. The molecule has 0 aliphatic rings. The van der Waals surface area contributed by atoms with E-state index in [0.717, 1.165) is 16.3 Å². The van der Waals surface area contributed by atoms with Crippen molar-refractivity contribution in [2.24, 2.45) is 0 Å². The lowest BCUT2D eigenvalue weighted by molar-refractivity contribution is 0.471. The van der Waals surface area contributed by atoms with Crippen LogP contribution in [0.25, 0.3) is 10.8 Å². The van der Waals surface area contributed by atoms with Gasteiger partial charge in [-0.1, -0.05) is 39.8 Å². The Kier molecular flexibility index (Phi) is 6.80. The van der Waals surface area contributed by atoms with Crippen molar-refractivity contribution in [3.8, 4) is 11.5 Å². The first kappa shape index (κ1) is 15.3. The molecule has 17 heavy (non-hydrogen) atoms. The number of phenols is 2. The minimum atomic E-state index is 0.251. The van der Waals surface area contributed by atoms with Crippen LogP contribution in [0.4, 0.5) is 0 Å². The maximum atomic E-state index is 9.50. The second kappa shape index (κ2) is 7.55. The van der Waals surface area contributed by atoms with Crippen LogP contribution in [0.3, 0.4) is 0 Å². The van der Waals surface area contributed by atoms with Gasteiger partial charge in [-0.3, -0.25) is 0 Å². The highest BCUT2D eigenvalue weighted by Gasteiger charge is 2.02. The lowest BCUT2D eigenvalue weighted by atomic mass is 10.1. The molecular formula is C15H22O2. The molecule has 0 atom stereocenters. The summed E-state index contributed by atoms with van der Waals surface area (Å²) in [5.41, 5.74) is 0.772. The molecule has 0 aliphatic carbocycles. The fourth-order valence-electron chi connectivity index (χ4n) is 1.41. The van der Waals surface area contributed by atoms with Gasteiger partial charge in [0.25, 0.3) is 0 Å². The van der Waals surface area contributed by atoms with Crippen molar-refractivity contribution < 1.29 is 10.2 Å². The number of hydrogen-bond acceptors (Lipinski definition) is 2. The van der Waals surface area contributed by atoms with Crippen molar-refractivity contribution in [1.29, 1.82) is 0 Å². The number of fused-ring (bicyclic) bond motifs is 1. The maximum absolute atomic E-state index is 9.50. The number of phenolic OH excluding ortho intramolecular Hbond substituents is 2. The van der Waals surface area contributed by atoms with Gasteiger partial charge in [0.15, 0.2) is 0 Å². The van der Waals surface area contributed by atoms with Crippen LogP contribution in [0.15, 0.2) is 30.3 Å². The molecule has 94 valence electrons. The van der Waals surface area contributed by atoms with Crippen LogP contribution < -0.4 is 0 Å². The van der Waals surface area contributed by atoms with Gasteiger partial charge in [0.1, 0.15) is 11.5 Å². The van der Waals surface area contributed by atoms with E-state index in [1.165, 1.54) is 0 Å². The van der Waals surface area contributed by atoms with E-state index in [4.69, 9.17) is 0 Å². The van der Waals surface area contributed by atoms with Crippen LogP contribution in [-0.2, 0) is 0 Å². The molecule has 0 amide bonds. The normalized spacial score (nSPS) is 8.76. The molecule has 2 rings (SSSR count). The summed E-state index contributed by atoms with van der Waals surface area (Å²) in [6.45, 7) is 9.81. The lowest BCUT2D eigenvalue weighted by Gasteiger charge is -2.03. The molecule has 2 aromatic rings. The second-order valence-electron chi connectivity index (χ2n) is 3.14. The molecule has 0 unspecified atom stereocenters. The van der Waals surface area contributed by atoms with Crippen LogP contribution in [0.1, 0.15) is 33.3 Å². The summed E-state index contributed by atoms with van der Waals surface area (Å²) in [5.74, 6) is 0.513. The highest BCUT2D eigenvalue weighted by molar-refractivity contribution is 5.89. The van der Waals surface area contributed by atoms with Gasteiger partial charge in [-0.25, -0.2) is 0 Å². The number of aromatic hydroxyl groups is 2. The second-order valence-corrected chi connectivity index (χ2v) is 3.14. The van der Waals surface area contributed by atoms with Crippen LogP contribution in [0.2, 0.25) is 0 Å². The fourth-order valence-corrected chi connectivity index (χ4v) is 1.41. The van der Waals surface area contributed by atoms with E-state index in [1.54, 1.807) is 31.2 Å². The van der Waals surface area contributed by atoms with Crippen LogP contribution in [0, 0.1) is 6.92 Å². The van der Waals surface area contributed by atoms with Gasteiger partial charge in [0.2, 0.25) is 0 Å². The van der Waals surface area contributed by atoms with Crippen LogP contribution in [-0.4, -0.2) is 10.2 Å². The molecule has 0 heterocycles. The SMILES string of the molecule is CC.CC.Cc1cc2c(O)cccc2cc1O. The summed E-state index contributed by atoms with van der Waals surface area (Å²) in [6, 6.07) is 8.68. The average Bonchev–Trinajstić information content (AvgIpc) is 2.37. The van der Waals surface area contributed by atoms with Gasteiger partial charge in [0.05, 0.1) is 0 Å². The van der Waals surface area contributed by atoms with E-state index in [2.05, 4.69) is 0 Å². The fraction of sp³-hybridized carbons (Fsp3) is 0.333. The van der Waals surface area contributed by atoms with Crippen LogP contribution in [0.5, 0.6) is 11.5 Å². The van der Waals surface area contributed by atoms with Gasteiger partial charge in [-0.15, -0.1) is 0 Å². The van der Waals surface area contributed by atoms with Crippen molar-refractivity contribution in [3.63, 3.8) is 0 Å². The molecular weight excluding hydrogens is 212 g/mol. The Hall–Kier alpha value is -1.70. The van der Waals surface area contributed by atoms with Gasteiger partial charge in [0, 0.05) is 5.39 Å². The van der Waals surface area contributed by atoms with E-state index in [-0.39, 0.29) is 11.5 Å². The number of benzene rings is 2. The molecule has 0 saturated heterocycles. The number of hydrogen-bond donors (Lipinski definition) is 2. The maximum Gasteiger partial charge on any atom is 0.123 e. The van der Waals surface area contributed by atoms with E-state index < -0.39 is 0 Å². The number of aryl methyl sites for hydroxylation is 1. The topological polar surface area (TPSA) is 40.5 Å². The third-order valence-corrected chi connectivity index (χ3v) is 2.17. The molecule has 2 N–H and O–H groups in total. The Morgan fingerprint density at radius 2 is 1.41 bits per heavy atom. The third kappa shape index (κ3) is 3.66. The first-order valence-corrected chi connectivity index (χ1v) is 6.10. The lowest BCUT2D eigenvalue weighted by Crippen LogP contribution is -1.78. The van der Waals surface area contributed by atoms with Gasteiger partial charge in [-0.05, 0) is 36.1 Å². The molecule has 2 nitrogen and oxygen atoms in total.